The van der Waals surface area contributed by atoms with Gasteiger partial charge >= 0.3 is 0 Å². The zero-order valence-corrected chi connectivity index (χ0v) is 14.1. The molecule has 0 aromatic heterocycles. The number of alkyl halides is 1. The third-order valence-corrected chi connectivity index (χ3v) is 2.93. The van der Waals surface area contributed by atoms with E-state index in [1.807, 2.05) is 27.7 Å². The number of rotatable bonds is 3. The van der Waals surface area contributed by atoms with E-state index in [0.717, 1.165) is 0 Å². The van der Waals surface area contributed by atoms with Crippen LogP contribution in [-0.4, -0.2) is 12.0 Å². The van der Waals surface area contributed by atoms with E-state index in [1.165, 1.54) is 6.07 Å². The number of hydrogen-bond donors (Lipinski definition) is 2. The van der Waals surface area contributed by atoms with Crippen LogP contribution < -0.4 is 10.5 Å². The molecule has 0 aliphatic heterocycles. The molecule has 3 N–H and O–H groups in total. The normalized spacial score (nSPS) is 9.57. The number of nitrogens with two attached hydrogens (primary N) is 1. The maximum atomic E-state index is 13.8. The second-order valence-corrected chi connectivity index (χ2v) is 4.00. The van der Waals surface area contributed by atoms with E-state index < -0.39 is 30.0 Å². The van der Waals surface area contributed by atoms with E-state index in [4.69, 9.17) is 5.73 Å². The van der Waals surface area contributed by atoms with Crippen LogP contribution >= 0.6 is 0 Å². The summed E-state index contributed by atoms with van der Waals surface area (Å²) in [6.45, 7) is 8.49. The van der Waals surface area contributed by atoms with Gasteiger partial charge in [0, 0.05) is 11.5 Å². The molecule has 0 heterocycles. The summed E-state index contributed by atoms with van der Waals surface area (Å²) in [7, 11) is 0. The van der Waals surface area contributed by atoms with Crippen LogP contribution in [0, 0.1) is 11.6 Å². The number of phenols is 1. The summed E-state index contributed by atoms with van der Waals surface area (Å²) in [5, 5.41) is 9.55. The number of nitrogen functional groups attached to an aromatic ring is 1. The summed E-state index contributed by atoms with van der Waals surface area (Å²) in [6, 6.07) is 1.92. The number of aromatic hydroxyl groups is 1. The van der Waals surface area contributed by atoms with Crippen molar-refractivity contribution < 1.29 is 23.0 Å². The number of phenolic OH excluding ortho intramolecular Hbond substituents is 1. The molecular formula is C17H24F3NO2. The molecule has 130 valence electrons. The molecule has 0 amide bonds. The van der Waals surface area contributed by atoms with Crippen LogP contribution in [-0.2, 0) is 6.42 Å². The molecular weight excluding hydrogens is 307 g/mol. The zero-order valence-electron chi connectivity index (χ0n) is 14.1. The SMILES string of the molecule is CC.CC.CCc1cc(N)c(O)c2c(F)cc(F)c(OCF)c12. The van der Waals surface area contributed by atoms with Crippen LogP contribution in [0.2, 0.25) is 0 Å². The average Bonchev–Trinajstić information content (AvgIpc) is 2.57. The molecule has 3 nitrogen and oxygen atoms in total. The number of hydrogen-bond acceptors (Lipinski definition) is 3. The Labute approximate surface area is 134 Å². The topological polar surface area (TPSA) is 55.5 Å². The predicted molar refractivity (Wildman–Crippen MR) is 88.6 cm³/mol. The smallest absolute Gasteiger partial charge is 0.228 e. The standard InChI is InChI=1S/C13H12F3NO2.2C2H6/c1-2-6-3-9(17)12(18)11-7(15)4-8(16)13(10(6)11)19-5-14;2*1-2/h3-4,18H,2,5,17H2,1H3;2*1-2H3. The average molecular weight is 331 g/mol. The molecule has 0 saturated carbocycles. The fourth-order valence-electron chi connectivity index (χ4n) is 2.09. The molecule has 0 bridgehead atoms. The monoisotopic (exact) mass is 331 g/mol. The summed E-state index contributed by atoms with van der Waals surface area (Å²) < 4.78 is 44.4. The van der Waals surface area contributed by atoms with Crippen molar-refractivity contribution in [1.29, 1.82) is 0 Å². The first kappa shape index (κ1) is 20.9. The molecule has 2 aromatic rings. The van der Waals surface area contributed by atoms with Crippen LogP contribution in [0.1, 0.15) is 40.2 Å². The Hall–Kier alpha value is -2.11. The Balaban J connectivity index is 0.00000112. The number of anilines is 1. The molecule has 2 aromatic carbocycles. The quantitative estimate of drug-likeness (QED) is 0.590. The number of halogens is 3. The summed E-state index contributed by atoms with van der Waals surface area (Å²) >= 11 is 0. The van der Waals surface area contributed by atoms with Crippen LogP contribution in [0.25, 0.3) is 10.8 Å². The molecule has 0 spiro atoms. The summed E-state index contributed by atoms with van der Waals surface area (Å²) in [5.41, 5.74) is 6.01. The third-order valence-electron chi connectivity index (χ3n) is 2.93. The highest BCUT2D eigenvalue weighted by Crippen LogP contribution is 2.41. The Bertz CT molecular complexity index is 646. The Morgan fingerprint density at radius 3 is 2.09 bits per heavy atom. The minimum absolute atomic E-state index is 0.00403. The van der Waals surface area contributed by atoms with Crippen LogP contribution in [0.3, 0.4) is 0 Å². The lowest BCUT2D eigenvalue weighted by atomic mass is 9.99. The number of aryl methyl sites for hydroxylation is 1. The van der Waals surface area contributed by atoms with Crippen molar-refractivity contribution in [1.82, 2.24) is 0 Å². The van der Waals surface area contributed by atoms with E-state index in [1.54, 1.807) is 6.92 Å². The van der Waals surface area contributed by atoms with Gasteiger partial charge in [-0.3, -0.25) is 0 Å². The predicted octanol–water partition coefficient (Wildman–Crippen LogP) is 5.33. The van der Waals surface area contributed by atoms with E-state index in [2.05, 4.69) is 4.74 Å². The Kier molecular flexibility index (Phi) is 8.92. The minimum Gasteiger partial charge on any atom is -0.505 e. The van der Waals surface area contributed by atoms with Crippen LogP contribution in [0.5, 0.6) is 11.5 Å². The highest BCUT2D eigenvalue weighted by Gasteiger charge is 2.21. The van der Waals surface area contributed by atoms with E-state index >= 15 is 0 Å². The molecule has 0 unspecified atom stereocenters. The van der Waals surface area contributed by atoms with Gasteiger partial charge < -0.3 is 15.6 Å². The molecule has 0 saturated heterocycles. The maximum Gasteiger partial charge on any atom is 0.228 e. The van der Waals surface area contributed by atoms with Crippen LogP contribution in [0.15, 0.2) is 12.1 Å². The van der Waals surface area contributed by atoms with Gasteiger partial charge in [0.05, 0.1) is 11.1 Å². The van der Waals surface area contributed by atoms with Gasteiger partial charge in [-0.2, -0.15) is 0 Å². The first-order chi connectivity index (χ1) is 11.0. The third kappa shape index (κ3) is 4.21. The summed E-state index contributed by atoms with van der Waals surface area (Å²) in [6.07, 6.45) is 0.395. The van der Waals surface area contributed by atoms with Gasteiger partial charge in [-0.1, -0.05) is 34.6 Å². The van der Waals surface area contributed by atoms with E-state index in [9.17, 15) is 18.3 Å². The van der Waals surface area contributed by atoms with Crippen molar-refractivity contribution in [2.24, 2.45) is 0 Å². The molecule has 0 atom stereocenters. The van der Waals surface area contributed by atoms with Crippen molar-refractivity contribution in [3.63, 3.8) is 0 Å². The highest BCUT2D eigenvalue weighted by atomic mass is 19.1. The lowest BCUT2D eigenvalue weighted by Gasteiger charge is -2.14. The lowest BCUT2D eigenvalue weighted by molar-refractivity contribution is 0.186. The first-order valence-corrected chi connectivity index (χ1v) is 7.62. The number of benzene rings is 2. The van der Waals surface area contributed by atoms with Gasteiger partial charge in [0.1, 0.15) is 11.6 Å². The van der Waals surface area contributed by atoms with Gasteiger partial charge in [-0.25, -0.2) is 13.2 Å². The minimum atomic E-state index is -1.26. The molecule has 0 fully saturated rings. The first-order valence-electron chi connectivity index (χ1n) is 7.62. The van der Waals surface area contributed by atoms with Gasteiger partial charge in [0.25, 0.3) is 0 Å². The zero-order chi connectivity index (χ0) is 18.2. The number of fused-ring (bicyclic) bond motifs is 1. The molecule has 0 aliphatic rings. The molecule has 0 aliphatic carbocycles. The van der Waals surface area contributed by atoms with E-state index in [-0.39, 0.29) is 16.5 Å². The van der Waals surface area contributed by atoms with Crippen molar-refractivity contribution in [2.45, 2.75) is 41.0 Å². The van der Waals surface area contributed by atoms with Gasteiger partial charge in [0.2, 0.25) is 6.86 Å². The largest absolute Gasteiger partial charge is 0.505 e. The maximum absolute atomic E-state index is 13.8. The molecule has 0 radical (unpaired) electrons. The van der Waals surface area contributed by atoms with Gasteiger partial charge in [-0.15, -0.1) is 0 Å². The van der Waals surface area contributed by atoms with Crippen molar-refractivity contribution >= 4 is 16.5 Å². The lowest BCUT2D eigenvalue weighted by Crippen LogP contribution is -2.01. The van der Waals surface area contributed by atoms with Crippen molar-refractivity contribution in [2.75, 3.05) is 12.6 Å². The van der Waals surface area contributed by atoms with Gasteiger partial charge in [-0.05, 0) is 18.1 Å². The fourth-order valence-corrected chi connectivity index (χ4v) is 2.09. The van der Waals surface area contributed by atoms with Gasteiger partial charge in [0.15, 0.2) is 11.6 Å². The molecule has 2 rings (SSSR count). The Morgan fingerprint density at radius 2 is 1.61 bits per heavy atom. The van der Waals surface area contributed by atoms with Crippen molar-refractivity contribution in [3.8, 4) is 11.5 Å². The van der Waals surface area contributed by atoms with Crippen molar-refractivity contribution in [3.05, 3.63) is 29.3 Å². The number of ether oxygens (including phenoxy) is 1. The fraction of sp³-hybridized carbons (Fsp3) is 0.412. The van der Waals surface area contributed by atoms with Crippen LogP contribution in [0.4, 0.5) is 18.9 Å². The Morgan fingerprint density at radius 1 is 1.04 bits per heavy atom. The summed E-state index contributed by atoms with van der Waals surface area (Å²) in [4.78, 5) is 0. The van der Waals surface area contributed by atoms with E-state index in [0.29, 0.717) is 18.1 Å². The second kappa shape index (κ2) is 9.82. The summed E-state index contributed by atoms with van der Waals surface area (Å²) in [5.74, 6) is -2.93. The molecule has 23 heavy (non-hydrogen) atoms. The second-order valence-electron chi connectivity index (χ2n) is 4.00. The molecule has 6 heteroatoms. The highest BCUT2D eigenvalue weighted by molar-refractivity contribution is 5.99.